The minimum Gasteiger partial charge on any atom is -0.245 e. The summed E-state index contributed by atoms with van der Waals surface area (Å²) < 4.78 is 25.4. The fourth-order valence-corrected chi connectivity index (χ4v) is 0.866. The molecule has 0 N–H and O–H groups in total. The number of rotatable bonds is 2. The third kappa shape index (κ3) is 1.53. The highest BCUT2D eigenvalue weighted by atomic mass is 19.3. The molecular weight excluding hydrogens is 152 g/mol. The third-order valence-corrected chi connectivity index (χ3v) is 1.30. The van der Waals surface area contributed by atoms with Crippen molar-refractivity contribution < 1.29 is 8.78 Å². The van der Waals surface area contributed by atoms with Crippen molar-refractivity contribution in [2.75, 3.05) is 0 Å². The van der Waals surface area contributed by atoms with Crippen LogP contribution in [-0.4, -0.2) is 14.8 Å². The van der Waals surface area contributed by atoms with E-state index in [4.69, 9.17) is 0 Å². The summed E-state index contributed by atoms with van der Waals surface area (Å²) in [5, 5.41) is 3.78. The molecular formula is C6H9F2N3. The van der Waals surface area contributed by atoms with E-state index in [9.17, 15) is 8.78 Å². The summed E-state index contributed by atoms with van der Waals surface area (Å²) in [6.45, 7) is 3.78. The van der Waals surface area contributed by atoms with Gasteiger partial charge >= 0.3 is 0 Å². The van der Waals surface area contributed by atoms with Crippen molar-refractivity contribution in [2.24, 2.45) is 0 Å². The summed E-state index contributed by atoms with van der Waals surface area (Å²) in [5.41, 5.74) is 0. The number of alkyl halides is 2. The minimum atomic E-state index is -2.53. The molecule has 0 radical (unpaired) electrons. The van der Waals surface area contributed by atoms with E-state index in [1.807, 2.05) is 0 Å². The Bertz CT molecular complexity index is 244. The van der Waals surface area contributed by atoms with Gasteiger partial charge in [-0.05, 0) is 13.8 Å². The van der Waals surface area contributed by atoms with Gasteiger partial charge in [-0.1, -0.05) is 0 Å². The van der Waals surface area contributed by atoms with Crippen LogP contribution < -0.4 is 0 Å². The third-order valence-electron chi connectivity index (χ3n) is 1.30. The predicted molar refractivity (Wildman–Crippen MR) is 35.4 cm³/mol. The Morgan fingerprint density at radius 1 is 1.55 bits per heavy atom. The summed E-state index contributed by atoms with van der Waals surface area (Å²) in [7, 11) is 0. The Hall–Kier alpha value is -1.00. The molecule has 1 aromatic rings. The molecule has 0 fully saturated rings. The molecule has 5 heteroatoms. The minimum absolute atomic E-state index is 0.245. The lowest BCUT2D eigenvalue weighted by Crippen LogP contribution is -2.03. The first-order valence-electron chi connectivity index (χ1n) is 3.34. The van der Waals surface area contributed by atoms with Crippen LogP contribution in [0, 0.1) is 6.92 Å². The van der Waals surface area contributed by atoms with Crippen molar-refractivity contribution in [3.63, 3.8) is 0 Å². The van der Waals surface area contributed by atoms with Crippen molar-refractivity contribution in [3.8, 4) is 0 Å². The van der Waals surface area contributed by atoms with Crippen molar-refractivity contribution in [1.29, 1.82) is 0 Å². The highest BCUT2D eigenvalue weighted by Gasteiger charge is 2.15. The van der Waals surface area contributed by atoms with Gasteiger partial charge in [0.15, 0.2) is 5.82 Å². The SMILES string of the molecule is CCn1nc(C)nc1C(F)F. The van der Waals surface area contributed by atoms with E-state index < -0.39 is 6.43 Å². The van der Waals surface area contributed by atoms with Gasteiger partial charge in [0.25, 0.3) is 6.43 Å². The summed E-state index contributed by atoms with van der Waals surface area (Å²) in [5.74, 6) is 0.146. The maximum absolute atomic E-state index is 12.1. The van der Waals surface area contributed by atoms with E-state index in [1.165, 1.54) is 4.68 Å². The van der Waals surface area contributed by atoms with Gasteiger partial charge in [-0.3, -0.25) is 0 Å². The zero-order valence-corrected chi connectivity index (χ0v) is 6.38. The standard InChI is InChI=1S/C6H9F2N3/c1-3-11-6(5(7)8)9-4(2)10-11/h5H,3H2,1-2H3. The highest BCUT2D eigenvalue weighted by molar-refractivity contribution is 4.91. The van der Waals surface area contributed by atoms with E-state index in [0.717, 1.165) is 0 Å². The van der Waals surface area contributed by atoms with Crippen molar-refractivity contribution in [1.82, 2.24) is 14.8 Å². The monoisotopic (exact) mass is 161 g/mol. The second-order valence-corrected chi connectivity index (χ2v) is 2.13. The molecule has 11 heavy (non-hydrogen) atoms. The average Bonchev–Trinajstić information content (AvgIpc) is 2.30. The van der Waals surface area contributed by atoms with Crippen LogP contribution in [0.3, 0.4) is 0 Å². The molecule has 0 bridgehead atoms. The first-order valence-corrected chi connectivity index (χ1v) is 3.34. The fourth-order valence-electron chi connectivity index (χ4n) is 0.866. The van der Waals surface area contributed by atoms with Gasteiger partial charge in [-0.2, -0.15) is 5.10 Å². The Morgan fingerprint density at radius 2 is 2.18 bits per heavy atom. The molecule has 0 aliphatic rings. The van der Waals surface area contributed by atoms with Crippen LogP contribution >= 0.6 is 0 Å². The van der Waals surface area contributed by atoms with Gasteiger partial charge in [0, 0.05) is 6.54 Å². The van der Waals surface area contributed by atoms with Crippen molar-refractivity contribution in [2.45, 2.75) is 26.8 Å². The molecule has 0 aliphatic carbocycles. The molecule has 0 amide bonds. The Kier molecular flexibility index (Phi) is 2.16. The van der Waals surface area contributed by atoms with Gasteiger partial charge in [0.2, 0.25) is 0 Å². The number of halogens is 2. The second kappa shape index (κ2) is 2.94. The zero-order valence-electron chi connectivity index (χ0n) is 6.38. The molecule has 0 saturated carbocycles. The number of aromatic nitrogens is 3. The van der Waals surface area contributed by atoms with Gasteiger partial charge in [-0.25, -0.2) is 18.4 Å². The molecule has 3 nitrogen and oxygen atoms in total. The normalized spacial score (nSPS) is 11.0. The van der Waals surface area contributed by atoms with Crippen LogP contribution in [0.2, 0.25) is 0 Å². The lowest BCUT2D eigenvalue weighted by Gasteiger charge is -1.98. The Balaban J connectivity index is 3.02. The zero-order chi connectivity index (χ0) is 8.43. The van der Waals surface area contributed by atoms with Crippen LogP contribution in [0.25, 0.3) is 0 Å². The smallest absolute Gasteiger partial charge is 0.245 e. The number of aryl methyl sites for hydroxylation is 2. The molecule has 0 saturated heterocycles. The average molecular weight is 161 g/mol. The van der Waals surface area contributed by atoms with Crippen LogP contribution in [0.15, 0.2) is 0 Å². The van der Waals surface area contributed by atoms with Gasteiger partial charge in [-0.15, -0.1) is 0 Å². The molecule has 0 unspecified atom stereocenters. The van der Waals surface area contributed by atoms with Crippen LogP contribution in [0.5, 0.6) is 0 Å². The number of hydrogen-bond donors (Lipinski definition) is 0. The summed E-state index contributed by atoms with van der Waals surface area (Å²) >= 11 is 0. The molecule has 0 spiro atoms. The van der Waals surface area contributed by atoms with E-state index in [1.54, 1.807) is 13.8 Å². The van der Waals surface area contributed by atoms with E-state index >= 15 is 0 Å². The number of nitrogens with zero attached hydrogens (tertiary/aromatic N) is 3. The molecule has 1 aromatic heterocycles. The topological polar surface area (TPSA) is 30.7 Å². The van der Waals surface area contributed by atoms with Crippen molar-refractivity contribution in [3.05, 3.63) is 11.6 Å². The maximum atomic E-state index is 12.1. The lowest BCUT2D eigenvalue weighted by atomic mass is 10.6. The molecule has 1 heterocycles. The first-order chi connectivity index (χ1) is 5.15. The van der Waals surface area contributed by atoms with Gasteiger partial charge < -0.3 is 0 Å². The molecule has 62 valence electrons. The molecule has 0 aliphatic heterocycles. The number of hydrogen-bond acceptors (Lipinski definition) is 2. The van der Waals surface area contributed by atoms with Gasteiger partial charge in [0.1, 0.15) is 5.82 Å². The largest absolute Gasteiger partial charge is 0.297 e. The highest BCUT2D eigenvalue weighted by Crippen LogP contribution is 2.15. The summed E-state index contributed by atoms with van der Waals surface area (Å²) in [6, 6.07) is 0. The van der Waals surface area contributed by atoms with Crippen LogP contribution in [0.1, 0.15) is 25.0 Å². The Labute approximate surface area is 63.0 Å². The van der Waals surface area contributed by atoms with Crippen LogP contribution in [-0.2, 0) is 6.54 Å². The maximum Gasteiger partial charge on any atom is 0.297 e. The first kappa shape index (κ1) is 8.10. The predicted octanol–water partition coefficient (Wildman–Crippen LogP) is 1.54. The van der Waals surface area contributed by atoms with E-state index in [0.29, 0.717) is 12.4 Å². The summed E-state index contributed by atoms with van der Waals surface area (Å²) in [4.78, 5) is 3.58. The second-order valence-electron chi connectivity index (χ2n) is 2.13. The quantitative estimate of drug-likeness (QED) is 0.658. The van der Waals surface area contributed by atoms with Crippen LogP contribution in [0.4, 0.5) is 8.78 Å². The van der Waals surface area contributed by atoms with E-state index in [2.05, 4.69) is 10.1 Å². The fraction of sp³-hybridized carbons (Fsp3) is 0.667. The Morgan fingerprint density at radius 3 is 2.55 bits per heavy atom. The van der Waals surface area contributed by atoms with Crippen molar-refractivity contribution >= 4 is 0 Å². The molecule has 0 atom stereocenters. The van der Waals surface area contributed by atoms with Gasteiger partial charge in [0.05, 0.1) is 0 Å². The van der Waals surface area contributed by atoms with E-state index in [-0.39, 0.29) is 5.82 Å². The lowest BCUT2D eigenvalue weighted by molar-refractivity contribution is 0.134. The molecule has 0 aromatic carbocycles. The summed E-state index contributed by atoms with van der Waals surface area (Å²) in [6.07, 6.45) is -2.53. The molecule has 1 rings (SSSR count).